The average molecular weight is 349 g/mol. The van der Waals surface area contributed by atoms with Gasteiger partial charge in [0.25, 0.3) is 11.5 Å². The van der Waals surface area contributed by atoms with Gasteiger partial charge in [0.05, 0.1) is 18.8 Å². The Morgan fingerprint density at radius 2 is 1.60 bits per heavy atom. The fourth-order valence-electron chi connectivity index (χ4n) is 2.37. The first-order chi connectivity index (χ1) is 12.0. The minimum absolute atomic E-state index is 0.0147. The zero-order chi connectivity index (χ0) is 18.4. The molecule has 0 aliphatic rings. The largest absolute Gasteiger partial charge is 0.494 e. The van der Waals surface area contributed by atoms with E-state index < -0.39 is 17.1 Å². The van der Waals surface area contributed by atoms with Crippen molar-refractivity contribution in [3.05, 3.63) is 61.8 Å². The van der Waals surface area contributed by atoms with E-state index in [9.17, 15) is 19.5 Å². The lowest BCUT2D eigenvalue weighted by atomic mass is 10.0. The number of carbonyl (C=O) groups excluding carboxylic acids is 1. The van der Waals surface area contributed by atoms with Crippen molar-refractivity contribution in [1.29, 1.82) is 0 Å². The van der Waals surface area contributed by atoms with Crippen LogP contribution in [0.1, 0.15) is 21.5 Å². The second-order valence-corrected chi connectivity index (χ2v) is 5.35. The van der Waals surface area contributed by atoms with Crippen molar-refractivity contribution in [2.45, 2.75) is 6.42 Å². The Hall–Kier alpha value is -2.91. The lowest BCUT2D eigenvalue weighted by molar-refractivity contribution is 0.0685. The first-order valence-corrected chi connectivity index (χ1v) is 7.60. The number of aromatic nitrogens is 2. The Labute approximate surface area is 142 Å². The lowest BCUT2D eigenvalue weighted by Gasteiger charge is -2.20. The first-order valence-electron chi connectivity index (χ1n) is 7.60. The molecule has 2 aromatic rings. The molecular weight excluding hydrogens is 330 g/mol. The molecule has 0 bridgehead atoms. The third-order valence-electron chi connectivity index (χ3n) is 3.63. The Morgan fingerprint density at radius 3 is 2.12 bits per heavy atom. The molecule has 0 unspecified atom stereocenters. The summed E-state index contributed by atoms with van der Waals surface area (Å²) in [5, 5.41) is 27.6. The molecule has 9 nitrogen and oxygen atoms in total. The molecule has 1 heterocycles. The number of amides is 1. The summed E-state index contributed by atoms with van der Waals surface area (Å²) in [6.07, 6.45) is 0.0728. The third-order valence-corrected chi connectivity index (χ3v) is 3.63. The number of nitrogens with one attached hydrogen (secondary N) is 2. The van der Waals surface area contributed by atoms with Gasteiger partial charge in [-0.25, -0.2) is 4.79 Å². The Kier molecular flexibility index (Phi) is 6.09. The van der Waals surface area contributed by atoms with E-state index >= 15 is 0 Å². The van der Waals surface area contributed by atoms with Crippen LogP contribution in [-0.2, 0) is 6.42 Å². The SMILES string of the molecule is O=C(c1ccc(Cc2c(O)[nH]c(=O)[nH]c2=O)cc1)N(CCO)CCO. The Morgan fingerprint density at radius 1 is 1.00 bits per heavy atom. The normalized spacial score (nSPS) is 10.6. The van der Waals surface area contributed by atoms with E-state index in [1.54, 1.807) is 24.3 Å². The van der Waals surface area contributed by atoms with Gasteiger partial charge in [-0.3, -0.25) is 19.6 Å². The van der Waals surface area contributed by atoms with E-state index in [4.69, 9.17) is 10.2 Å². The van der Waals surface area contributed by atoms with Crippen molar-refractivity contribution in [2.24, 2.45) is 0 Å². The minimum atomic E-state index is -0.792. The van der Waals surface area contributed by atoms with Gasteiger partial charge in [0.15, 0.2) is 0 Å². The van der Waals surface area contributed by atoms with Crippen molar-refractivity contribution in [2.75, 3.05) is 26.3 Å². The molecule has 0 saturated heterocycles. The molecule has 1 amide bonds. The topological polar surface area (TPSA) is 147 Å². The van der Waals surface area contributed by atoms with Crippen LogP contribution in [0.2, 0.25) is 0 Å². The maximum atomic E-state index is 12.3. The first kappa shape index (κ1) is 18.4. The molecule has 0 aliphatic carbocycles. The highest BCUT2D eigenvalue weighted by Crippen LogP contribution is 2.14. The van der Waals surface area contributed by atoms with E-state index in [1.165, 1.54) is 4.90 Å². The van der Waals surface area contributed by atoms with Crippen LogP contribution in [0.4, 0.5) is 0 Å². The van der Waals surface area contributed by atoms with Gasteiger partial charge in [-0.15, -0.1) is 0 Å². The standard InChI is InChI=1S/C16H19N3O6/c20-7-5-19(6-8-21)15(24)11-3-1-10(2-4-11)9-12-13(22)17-16(25)18-14(12)23/h1-4,20-21H,5-9H2,(H3,17,18,22,23,25). The highest BCUT2D eigenvalue weighted by molar-refractivity contribution is 5.94. The molecule has 0 spiro atoms. The molecular formula is C16H19N3O6. The maximum absolute atomic E-state index is 12.3. The number of aliphatic hydroxyl groups excluding tert-OH is 2. The summed E-state index contributed by atoms with van der Waals surface area (Å²) in [5.74, 6) is -0.828. The monoisotopic (exact) mass is 349 g/mol. The molecule has 1 aromatic carbocycles. The second kappa shape index (κ2) is 8.27. The molecule has 9 heteroatoms. The number of benzene rings is 1. The van der Waals surface area contributed by atoms with Gasteiger partial charge in [0.1, 0.15) is 0 Å². The van der Waals surface area contributed by atoms with Crippen LogP contribution in [0.5, 0.6) is 5.88 Å². The summed E-state index contributed by atoms with van der Waals surface area (Å²) < 4.78 is 0. The van der Waals surface area contributed by atoms with Gasteiger partial charge in [-0.2, -0.15) is 0 Å². The van der Waals surface area contributed by atoms with E-state index in [2.05, 4.69) is 4.98 Å². The third kappa shape index (κ3) is 4.55. The van der Waals surface area contributed by atoms with Gasteiger partial charge in [-0.05, 0) is 17.7 Å². The zero-order valence-corrected chi connectivity index (χ0v) is 13.4. The Bertz CT molecular complexity index is 834. The number of aromatic amines is 2. The molecule has 0 saturated carbocycles. The summed E-state index contributed by atoms with van der Waals surface area (Å²) in [5.41, 5.74) is -0.440. The maximum Gasteiger partial charge on any atom is 0.328 e. The summed E-state index contributed by atoms with van der Waals surface area (Å²) in [7, 11) is 0. The quantitative estimate of drug-likeness (QED) is 0.424. The van der Waals surface area contributed by atoms with Gasteiger partial charge in [0.2, 0.25) is 5.88 Å². The molecule has 0 fully saturated rings. The summed E-state index contributed by atoms with van der Waals surface area (Å²) in [4.78, 5) is 40.6. The van der Waals surface area contributed by atoms with Crippen molar-refractivity contribution in [1.82, 2.24) is 14.9 Å². The zero-order valence-electron chi connectivity index (χ0n) is 13.4. The predicted octanol–water partition coefficient (Wildman–Crippen LogP) is -1.21. The molecule has 2 rings (SSSR count). The van der Waals surface area contributed by atoms with Crippen LogP contribution in [0, 0.1) is 0 Å². The highest BCUT2D eigenvalue weighted by Gasteiger charge is 2.15. The van der Waals surface area contributed by atoms with Crippen LogP contribution in [0.3, 0.4) is 0 Å². The van der Waals surface area contributed by atoms with E-state index in [0.29, 0.717) is 11.1 Å². The molecule has 0 atom stereocenters. The number of rotatable bonds is 7. The van der Waals surface area contributed by atoms with Crippen molar-refractivity contribution in [3.63, 3.8) is 0 Å². The smallest absolute Gasteiger partial charge is 0.328 e. The summed E-state index contributed by atoms with van der Waals surface area (Å²) in [6, 6.07) is 6.34. The number of aromatic hydroxyl groups is 1. The number of carbonyl (C=O) groups is 1. The van der Waals surface area contributed by atoms with Gasteiger partial charge in [0, 0.05) is 25.1 Å². The van der Waals surface area contributed by atoms with Gasteiger partial charge >= 0.3 is 5.69 Å². The predicted molar refractivity (Wildman–Crippen MR) is 88.7 cm³/mol. The number of aliphatic hydroxyl groups is 2. The Balaban J connectivity index is 2.19. The van der Waals surface area contributed by atoms with Crippen LogP contribution in [-0.4, -0.2) is 62.4 Å². The van der Waals surface area contributed by atoms with Crippen LogP contribution >= 0.6 is 0 Å². The fraction of sp³-hybridized carbons (Fsp3) is 0.312. The minimum Gasteiger partial charge on any atom is -0.494 e. The number of nitrogens with zero attached hydrogens (tertiary/aromatic N) is 1. The van der Waals surface area contributed by atoms with E-state index in [0.717, 1.165) is 0 Å². The van der Waals surface area contributed by atoms with E-state index in [1.807, 2.05) is 4.98 Å². The number of H-pyrrole nitrogens is 2. The van der Waals surface area contributed by atoms with Gasteiger partial charge in [-0.1, -0.05) is 12.1 Å². The molecule has 0 radical (unpaired) electrons. The molecule has 25 heavy (non-hydrogen) atoms. The van der Waals surface area contributed by atoms with Crippen molar-refractivity contribution >= 4 is 5.91 Å². The van der Waals surface area contributed by atoms with Crippen LogP contribution in [0.15, 0.2) is 33.9 Å². The molecule has 134 valence electrons. The van der Waals surface area contributed by atoms with E-state index in [-0.39, 0.29) is 44.2 Å². The van der Waals surface area contributed by atoms with Crippen LogP contribution < -0.4 is 11.2 Å². The lowest BCUT2D eigenvalue weighted by Crippen LogP contribution is -2.35. The fourth-order valence-corrected chi connectivity index (χ4v) is 2.37. The summed E-state index contributed by atoms with van der Waals surface area (Å²) in [6.45, 7) is -0.195. The second-order valence-electron chi connectivity index (χ2n) is 5.35. The molecule has 0 aliphatic heterocycles. The molecule has 1 aromatic heterocycles. The van der Waals surface area contributed by atoms with Crippen LogP contribution in [0.25, 0.3) is 0 Å². The van der Waals surface area contributed by atoms with Crippen molar-refractivity contribution < 1.29 is 20.1 Å². The highest BCUT2D eigenvalue weighted by atomic mass is 16.3. The van der Waals surface area contributed by atoms with Gasteiger partial charge < -0.3 is 20.2 Å². The van der Waals surface area contributed by atoms with Crippen molar-refractivity contribution in [3.8, 4) is 5.88 Å². The molecule has 5 N–H and O–H groups in total. The number of hydrogen-bond donors (Lipinski definition) is 5. The average Bonchev–Trinajstić information content (AvgIpc) is 2.58. The number of hydrogen-bond acceptors (Lipinski definition) is 6. The summed E-state index contributed by atoms with van der Waals surface area (Å²) >= 11 is 0.